The van der Waals surface area contributed by atoms with Crippen molar-refractivity contribution in [2.45, 2.75) is 32.2 Å². The van der Waals surface area contributed by atoms with Gasteiger partial charge in [-0.3, -0.25) is 4.79 Å². The molecule has 3 nitrogen and oxygen atoms in total. The summed E-state index contributed by atoms with van der Waals surface area (Å²) in [4.78, 5) is 14.3. The number of hydrogen-bond donors (Lipinski definition) is 2. The molecule has 1 aromatic heterocycles. The number of nitrogens with one attached hydrogen (secondary N) is 2. The van der Waals surface area contributed by atoms with E-state index in [0.29, 0.717) is 5.69 Å². The summed E-state index contributed by atoms with van der Waals surface area (Å²) >= 11 is 0. The smallest absolute Gasteiger partial charge is 0.248 e. The van der Waals surface area contributed by atoms with Crippen molar-refractivity contribution >= 4 is 5.69 Å². The molecule has 1 aliphatic carbocycles. The molecule has 20 heavy (non-hydrogen) atoms. The van der Waals surface area contributed by atoms with Gasteiger partial charge in [-0.2, -0.15) is 0 Å². The van der Waals surface area contributed by atoms with Gasteiger partial charge in [0.25, 0.3) is 0 Å². The van der Waals surface area contributed by atoms with Crippen molar-refractivity contribution in [3.63, 3.8) is 0 Å². The van der Waals surface area contributed by atoms with Gasteiger partial charge in [-0.15, -0.1) is 0 Å². The molecule has 1 heterocycles. The lowest BCUT2D eigenvalue weighted by Crippen LogP contribution is -2.22. The topological polar surface area (TPSA) is 44.9 Å². The van der Waals surface area contributed by atoms with E-state index in [1.54, 1.807) is 6.07 Å². The first-order chi connectivity index (χ1) is 9.65. The second-order valence-corrected chi connectivity index (χ2v) is 5.28. The fourth-order valence-electron chi connectivity index (χ4n) is 2.84. The van der Waals surface area contributed by atoms with Crippen molar-refractivity contribution in [3.05, 3.63) is 63.3 Å². The van der Waals surface area contributed by atoms with E-state index in [0.717, 1.165) is 36.1 Å². The van der Waals surface area contributed by atoms with Crippen LogP contribution in [-0.2, 0) is 6.42 Å². The summed E-state index contributed by atoms with van der Waals surface area (Å²) in [7, 11) is 0. The van der Waals surface area contributed by atoms with Gasteiger partial charge in [0.2, 0.25) is 5.56 Å². The molecule has 104 valence electrons. The number of hydrogen-bond acceptors (Lipinski definition) is 2. The van der Waals surface area contributed by atoms with Gasteiger partial charge in [-0.05, 0) is 49.4 Å². The molecule has 0 saturated carbocycles. The van der Waals surface area contributed by atoms with Gasteiger partial charge in [0.15, 0.2) is 0 Å². The Bertz CT molecular complexity index is 673. The summed E-state index contributed by atoms with van der Waals surface area (Å²) in [6.07, 6.45) is 2.80. The van der Waals surface area contributed by atoms with Crippen molar-refractivity contribution in [2.24, 2.45) is 0 Å². The summed E-state index contributed by atoms with van der Waals surface area (Å²) in [6, 6.07) is 8.50. The SMILES string of the molecule is Cc1cccc(F)c1NC1CCCc2[nH]c(=O)ccc21. The fourth-order valence-corrected chi connectivity index (χ4v) is 2.84. The Morgan fingerprint density at radius 1 is 1.30 bits per heavy atom. The molecule has 0 bridgehead atoms. The highest BCUT2D eigenvalue weighted by atomic mass is 19.1. The number of pyridine rings is 1. The van der Waals surface area contributed by atoms with E-state index in [1.165, 1.54) is 12.1 Å². The lowest BCUT2D eigenvalue weighted by atomic mass is 9.91. The second-order valence-electron chi connectivity index (χ2n) is 5.28. The number of H-pyrrole nitrogens is 1. The van der Waals surface area contributed by atoms with Crippen molar-refractivity contribution < 1.29 is 4.39 Å². The maximum Gasteiger partial charge on any atom is 0.248 e. The second kappa shape index (κ2) is 5.12. The van der Waals surface area contributed by atoms with Gasteiger partial charge in [-0.1, -0.05) is 12.1 Å². The van der Waals surface area contributed by atoms with Gasteiger partial charge in [0.05, 0.1) is 11.7 Å². The molecule has 2 aromatic rings. The Kier molecular flexibility index (Phi) is 3.30. The quantitative estimate of drug-likeness (QED) is 0.881. The van der Waals surface area contributed by atoms with Crippen LogP contribution in [0.1, 0.15) is 35.7 Å². The van der Waals surface area contributed by atoms with Crippen molar-refractivity contribution in [3.8, 4) is 0 Å². The Morgan fingerprint density at radius 2 is 2.15 bits per heavy atom. The minimum absolute atomic E-state index is 0.0474. The van der Waals surface area contributed by atoms with E-state index < -0.39 is 0 Å². The third kappa shape index (κ3) is 2.33. The molecular weight excluding hydrogens is 255 g/mol. The van der Waals surface area contributed by atoms with Crippen LogP contribution in [0.25, 0.3) is 0 Å². The summed E-state index contributed by atoms with van der Waals surface area (Å²) in [6.45, 7) is 1.89. The molecule has 0 amide bonds. The highest BCUT2D eigenvalue weighted by Crippen LogP contribution is 2.32. The lowest BCUT2D eigenvalue weighted by Gasteiger charge is -2.27. The number of benzene rings is 1. The predicted octanol–water partition coefficient (Wildman–Crippen LogP) is 3.31. The van der Waals surface area contributed by atoms with Gasteiger partial charge in [-0.25, -0.2) is 4.39 Å². The third-order valence-corrected chi connectivity index (χ3v) is 3.87. The highest BCUT2D eigenvalue weighted by molar-refractivity contribution is 5.53. The Morgan fingerprint density at radius 3 is 2.95 bits per heavy atom. The Labute approximate surface area is 116 Å². The zero-order valence-electron chi connectivity index (χ0n) is 11.4. The van der Waals surface area contributed by atoms with Crippen LogP contribution in [0, 0.1) is 12.7 Å². The number of aryl methyl sites for hydroxylation is 2. The van der Waals surface area contributed by atoms with E-state index >= 15 is 0 Å². The number of anilines is 1. The predicted molar refractivity (Wildman–Crippen MR) is 77.5 cm³/mol. The number of fused-ring (bicyclic) bond motifs is 1. The molecule has 1 unspecified atom stereocenters. The van der Waals surface area contributed by atoms with E-state index in [9.17, 15) is 9.18 Å². The highest BCUT2D eigenvalue weighted by Gasteiger charge is 2.22. The summed E-state index contributed by atoms with van der Waals surface area (Å²) in [5.41, 5.74) is 3.40. The van der Waals surface area contributed by atoms with Crippen LogP contribution in [0.2, 0.25) is 0 Å². The summed E-state index contributed by atoms with van der Waals surface area (Å²) in [5.74, 6) is -0.235. The number of rotatable bonds is 2. The molecular formula is C16H17FN2O. The number of aromatic nitrogens is 1. The molecule has 0 aliphatic heterocycles. The zero-order valence-corrected chi connectivity index (χ0v) is 11.4. The largest absolute Gasteiger partial charge is 0.376 e. The molecule has 0 saturated heterocycles. The van der Waals surface area contributed by atoms with Crippen LogP contribution < -0.4 is 10.9 Å². The van der Waals surface area contributed by atoms with Gasteiger partial charge >= 0.3 is 0 Å². The van der Waals surface area contributed by atoms with Crippen LogP contribution >= 0.6 is 0 Å². The first kappa shape index (κ1) is 12.9. The molecule has 0 radical (unpaired) electrons. The minimum Gasteiger partial charge on any atom is -0.376 e. The number of para-hydroxylation sites is 1. The van der Waals surface area contributed by atoms with Crippen LogP contribution in [0.15, 0.2) is 35.1 Å². The van der Waals surface area contributed by atoms with Crippen LogP contribution in [0.4, 0.5) is 10.1 Å². The molecule has 0 spiro atoms. The number of halogens is 1. The Hall–Kier alpha value is -2.10. The molecule has 1 atom stereocenters. The summed E-state index contributed by atoms with van der Waals surface area (Å²) in [5, 5.41) is 3.30. The van der Waals surface area contributed by atoms with Crippen molar-refractivity contribution in [2.75, 3.05) is 5.32 Å². The molecule has 4 heteroatoms. The van der Waals surface area contributed by atoms with Crippen LogP contribution in [0.3, 0.4) is 0 Å². The van der Waals surface area contributed by atoms with E-state index in [1.807, 2.05) is 19.1 Å². The molecule has 0 fully saturated rings. The molecule has 3 rings (SSSR count). The van der Waals surface area contributed by atoms with E-state index in [4.69, 9.17) is 0 Å². The lowest BCUT2D eigenvalue weighted by molar-refractivity contribution is 0.575. The first-order valence-electron chi connectivity index (χ1n) is 6.89. The van der Waals surface area contributed by atoms with Crippen molar-refractivity contribution in [1.82, 2.24) is 4.98 Å². The molecule has 2 N–H and O–H groups in total. The standard InChI is InChI=1S/C16H17FN2O/c1-10-4-2-5-12(17)16(10)19-14-7-3-6-13-11(14)8-9-15(20)18-13/h2,4-5,8-9,14,19H,3,6-7H2,1H3,(H,18,20). The average Bonchev–Trinajstić information content (AvgIpc) is 2.42. The zero-order chi connectivity index (χ0) is 14.1. The molecule has 1 aliphatic rings. The maximum absolute atomic E-state index is 13.9. The van der Waals surface area contributed by atoms with Crippen molar-refractivity contribution in [1.29, 1.82) is 0 Å². The minimum atomic E-state index is -0.235. The van der Waals surface area contributed by atoms with E-state index in [2.05, 4.69) is 10.3 Å². The normalized spacial score (nSPS) is 17.6. The fraction of sp³-hybridized carbons (Fsp3) is 0.312. The average molecular weight is 272 g/mol. The first-order valence-corrected chi connectivity index (χ1v) is 6.89. The van der Waals surface area contributed by atoms with Crippen LogP contribution in [0.5, 0.6) is 0 Å². The van der Waals surface area contributed by atoms with Crippen LogP contribution in [-0.4, -0.2) is 4.98 Å². The van der Waals surface area contributed by atoms with Gasteiger partial charge in [0.1, 0.15) is 5.82 Å². The summed E-state index contributed by atoms with van der Waals surface area (Å²) < 4.78 is 13.9. The monoisotopic (exact) mass is 272 g/mol. The number of aromatic amines is 1. The van der Waals surface area contributed by atoms with Gasteiger partial charge in [0, 0.05) is 11.8 Å². The Balaban J connectivity index is 1.96. The van der Waals surface area contributed by atoms with E-state index in [-0.39, 0.29) is 17.4 Å². The third-order valence-electron chi connectivity index (χ3n) is 3.87. The molecule has 1 aromatic carbocycles. The van der Waals surface area contributed by atoms with Gasteiger partial charge < -0.3 is 10.3 Å². The maximum atomic E-state index is 13.9.